The standard InChI is InChI=1S/C18H24N2O5/c1-4-11(2)16(18(23)24)19-17(22)12-9-15(21)20(10-12)13-7-5-6-8-14(13)25-3/h5-8,11-12,16H,4,9-10H2,1-3H3,(H,19,22)(H,23,24)/t11-,12?,16-/m0/s1. The highest BCUT2D eigenvalue weighted by atomic mass is 16.5. The summed E-state index contributed by atoms with van der Waals surface area (Å²) >= 11 is 0. The number of hydrogen-bond acceptors (Lipinski definition) is 4. The number of ether oxygens (including phenoxy) is 1. The van der Waals surface area contributed by atoms with Crippen molar-refractivity contribution in [1.82, 2.24) is 5.32 Å². The molecule has 7 nitrogen and oxygen atoms in total. The minimum Gasteiger partial charge on any atom is -0.495 e. The molecule has 0 spiro atoms. The molecule has 0 radical (unpaired) electrons. The predicted octanol–water partition coefficient (Wildman–Crippen LogP) is 1.66. The van der Waals surface area contributed by atoms with Crippen LogP contribution in [0.2, 0.25) is 0 Å². The third kappa shape index (κ3) is 4.10. The van der Waals surface area contributed by atoms with Crippen LogP contribution in [-0.2, 0) is 14.4 Å². The highest BCUT2D eigenvalue weighted by molar-refractivity contribution is 6.01. The van der Waals surface area contributed by atoms with Crippen molar-refractivity contribution in [2.24, 2.45) is 11.8 Å². The number of anilines is 1. The van der Waals surface area contributed by atoms with Gasteiger partial charge in [0, 0.05) is 13.0 Å². The van der Waals surface area contributed by atoms with Gasteiger partial charge in [-0.2, -0.15) is 0 Å². The van der Waals surface area contributed by atoms with Gasteiger partial charge in [0.2, 0.25) is 11.8 Å². The van der Waals surface area contributed by atoms with Gasteiger partial charge in [-0.3, -0.25) is 9.59 Å². The fourth-order valence-corrected chi connectivity index (χ4v) is 2.92. The Kier molecular flexibility index (Phi) is 6.01. The van der Waals surface area contributed by atoms with Crippen LogP contribution in [0.1, 0.15) is 26.7 Å². The van der Waals surface area contributed by atoms with Gasteiger partial charge in [0.25, 0.3) is 0 Å². The molecule has 1 saturated heterocycles. The summed E-state index contributed by atoms with van der Waals surface area (Å²) < 4.78 is 5.27. The van der Waals surface area contributed by atoms with Crippen molar-refractivity contribution in [3.63, 3.8) is 0 Å². The second kappa shape index (κ2) is 8.00. The van der Waals surface area contributed by atoms with Crippen LogP contribution in [0.3, 0.4) is 0 Å². The fourth-order valence-electron chi connectivity index (χ4n) is 2.92. The molecule has 1 fully saturated rings. The summed E-state index contributed by atoms with van der Waals surface area (Å²) in [5.74, 6) is -1.86. The second-order valence-corrected chi connectivity index (χ2v) is 6.29. The number of benzene rings is 1. The topological polar surface area (TPSA) is 95.9 Å². The molecule has 3 atom stereocenters. The number of carbonyl (C=O) groups excluding carboxylic acids is 2. The maximum atomic E-state index is 12.5. The zero-order valence-electron chi connectivity index (χ0n) is 14.7. The maximum absolute atomic E-state index is 12.5. The predicted molar refractivity (Wildman–Crippen MR) is 92.5 cm³/mol. The summed E-state index contributed by atoms with van der Waals surface area (Å²) in [7, 11) is 1.52. The van der Waals surface area contributed by atoms with Crippen molar-refractivity contribution < 1.29 is 24.2 Å². The van der Waals surface area contributed by atoms with E-state index in [4.69, 9.17) is 4.74 Å². The number of para-hydroxylation sites is 2. The SMILES string of the molecule is CC[C@H](C)[C@H](NC(=O)C1CC(=O)N(c2ccccc2OC)C1)C(=O)O. The van der Waals surface area contributed by atoms with Crippen molar-refractivity contribution in [3.8, 4) is 5.75 Å². The number of carboxylic acids is 1. The van der Waals surface area contributed by atoms with Crippen molar-refractivity contribution in [2.75, 3.05) is 18.6 Å². The van der Waals surface area contributed by atoms with E-state index in [1.54, 1.807) is 31.2 Å². The van der Waals surface area contributed by atoms with E-state index in [1.807, 2.05) is 6.92 Å². The molecule has 1 aliphatic rings. The highest BCUT2D eigenvalue weighted by Gasteiger charge is 2.38. The van der Waals surface area contributed by atoms with Crippen molar-refractivity contribution in [1.29, 1.82) is 0 Å². The molecule has 0 aromatic heterocycles. The summed E-state index contributed by atoms with van der Waals surface area (Å²) in [5.41, 5.74) is 0.613. The number of carboxylic acid groups (broad SMARTS) is 1. The number of rotatable bonds is 7. The van der Waals surface area contributed by atoms with Crippen LogP contribution >= 0.6 is 0 Å². The number of hydrogen-bond donors (Lipinski definition) is 2. The average molecular weight is 348 g/mol. The Morgan fingerprint density at radius 2 is 2.08 bits per heavy atom. The Labute approximate surface area is 147 Å². The van der Waals surface area contributed by atoms with Gasteiger partial charge in [-0.25, -0.2) is 4.79 Å². The molecule has 136 valence electrons. The minimum absolute atomic E-state index is 0.0523. The number of aliphatic carboxylic acids is 1. The second-order valence-electron chi connectivity index (χ2n) is 6.29. The lowest BCUT2D eigenvalue weighted by molar-refractivity contribution is -0.143. The van der Waals surface area contributed by atoms with Gasteiger partial charge in [-0.1, -0.05) is 32.4 Å². The zero-order valence-corrected chi connectivity index (χ0v) is 14.7. The van der Waals surface area contributed by atoms with Crippen LogP contribution in [-0.4, -0.2) is 42.6 Å². The van der Waals surface area contributed by atoms with E-state index in [1.165, 1.54) is 12.0 Å². The molecule has 0 saturated carbocycles. The van der Waals surface area contributed by atoms with Crippen LogP contribution in [0.25, 0.3) is 0 Å². The molecule has 1 unspecified atom stereocenters. The quantitative estimate of drug-likeness (QED) is 0.781. The molecular formula is C18H24N2O5. The molecule has 7 heteroatoms. The van der Waals surface area contributed by atoms with E-state index in [0.717, 1.165) is 0 Å². The first-order valence-electron chi connectivity index (χ1n) is 8.35. The molecule has 25 heavy (non-hydrogen) atoms. The highest BCUT2D eigenvalue weighted by Crippen LogP contribution is 2.32. The van der Waals surface area contributed by atoms with E-state index >= 15 is 0 Å². The van der Waals surface area contributed by atoms with Gasteiger partial charge >= 0.3 is 5.97 Å². The first-order valence-corrected chi connectivity index (χ1v) is 8.35. The fraction of sp³-hybridized carbons (Fsp3) is 0.500. The van der Waals surface area contributed by atoms with Crippen LogP contribution < -0.4 is 15.0 Å². The van der Waals surface area contributed by atoms with Crippen molar-refractivity contribution in [2.45, 2.75) is 32.7 Å². The molecule has 1 aromatic carbocycles. The average Bonchev–Trinajstić information content (AvgIpc) is 3.00. The molecule has 0 aliphatic carbocycles. The monoisotopic (exact) mass is 348 g/mol. The summed E-state index contributed by atoms with van der Waals surface area (Å²) in [6.07, 6.45) is 0.685. The lowest BCUT2D eigenvalue weighted by Gasteiger charge is -2.22. The molecule has 2 amide bonds. The van der Waals surface area contributed by atoms with Crippen LogP contribution in [0.5, 0.6) is 5.75 Å². The van der Waals surface area contributed by atoms with Gasteiger partial charge in [0.15, 0.2) is 0 Å². The van der Waals surface area contributed by atoms with Gasteiger partial charge in [-0.15, -0.1) is 0 Å². The largest absolute Gasteiger partial charge is 0.495 e. The van der Waals surface area contributed by atoms with Crippen molar-refractivity contribution in [3.05, 3.63) is 24.3 Å². The molecule has 1 aromatic rings. The van der Waals surface area contributed by atoms with Crippen LogP contribution in [0.4, 0.5) is 5.69 Å². The Balaban J connectivity index is 2.11. The summed E-state index contributed by atoms with van der Waals surface area (Å²) in [6, 6.07) is 6.15. The van der Waals surface area contributed by atoms with Crippen LogP contribution in [0.15, 0.2) is 24.3 Å². The zero-order chi connectivity index (χ0) is 18.6. The van der Waals surface area contributed by atoms with Crippen LogP contribution in [0, 0.1) is 11.8 Å². The molecule has 1 aliphatic heterocycles. The Bertz CT molecular complexity index is 661. The van der Waals surface area contributed by atoms with Crippen molar-refractivity contribution >= 4 is 23.5 Å². The van der Waals surface area contributed by atoms with E-state index in [0.29, 0.717) is 17.9 Å². The Morgan fingerprint density at radius 3 is 2.68 bits per heavy atom. The van der Waals surface area contributed by atoms with Gasteiger partial charge in [-0.05, 0) is 18.1 Å². The van der Waals surface area contributed by atoms with E-state index in [2.05, 4.69) is 5.32 Å². The molecule has 2 rings (SSSR count). The van der Waals surface area contributed by atoms with E-state index in [9.17, 15) is 19.5 Å². The third-order valence-electron chi connectivity index (χ3n) is 4.65. The number of methoxy groups -OCH3 is 1. The van der Waals surface area contributed by atoms with Gasteiger partial charge < -0.3 is 20.1 Å². The summed E-state index contributed by atoms with van der Waals surface area (Å²) in [6.45, 7) is 3.85. The summed E-state index contributed by atoms with van der Waals surface area (Å²) in [5, 5.41) is 11.9. The Hall–Kier alpha value is -2.57. The van der Waals surface area contributed by atoms with E-state index in [-0.39, 0.29) is 24.8 Å². The molecule has 2 N–H and O–H groups in total. The third-order valence-corrected chi connectivity index (χ3v) is 4.65. The first-order chi connectivity index (χ1) is 11.9. The number of nitrogens with zero attached hydrogens (tertiary/aromatic N) is 1. The van der Waals surface area contributed by atoms with Gasteiger partial charge in [0.05, 0.1) is 18.7 Å². The number of nitrogens with one attached hydrogen (secondary N) is 1. The molecule has 1 heterocycles. The minimum atomic E-state index is -1.06. The molecular weight excluding hydrogens is 324 g/mol. The maximum Gasteiger partial charge on any atom is 0.326 e. The lowest BCUT2D eigenvalue weighted by Crippen LogP contribution is -2.47. The first kappa shape index (κ1) is 18.8. The Morgan fingerprint density at radius 1 is 1.40 bits per heavy atom. The van der Waals surface area contributed by atoms with E-state index < -0.39 is 23.8 Å². The van der Waals surface area contributed by atoms with Gasteiger partial charge in [0.1, 0.15) is 11.8 Å². The molecule has 0 bridgehead atoms. The smallest absolute Gasteiger partial charge is 0.326 e. The lowest BCUT2D eigenvalue weighted by atomic mass is 9.98. The summed E-state index contributed by atoms with van der Waals surface area (Å²) in [4.78, 5) is 37.7. The number of amides is 2. The normalized spacial score (nSPS) is 19.4. The number of carbonyl (C=O) groups is 3.